The number of thiazole rings is 1. The summed E-state index contributed by atoms with van der Waals surface area (Å²) in [6.45, 7) is 12.7. The molecular formula is C27H33N3O6S. The quantitative estimate of drug-likeness (QED) is 0.466. The molecule has 1 N–H and O–H groups in total. The van der Waals surface area contributed by atoms with Crippen LogP contribution < -0.4 is 9.47 Å². The molecule has 0 unspecified atom stereocenters. The molecule has 1 aliphatic rings. The van der Waals surface area contributed by atoms with Gasteiger partial charge in [0.05, 0.1) is 19.2 Å². The topological polar surface area (TPSA) is 111 Å². The predicted octanol–water partition coefficient (Wildman–Crippen LogP) is 5.46. The van der Waals surface area contributed by atoms with Crippen LogP contribution in [0.2, 0.25) is 0 Å². The van der Waals surface area contributed by atoms with Gasteiger partial charge >= 0.3 is 12.1 Å². The Labute approximate surface area is 220 Å². The molecule has 2 atom stereocenters. The minimum Gasteiger partial charge on any atom is -0.496 e. The zero-order chi connectivity index (χ0) is 27.3. The molecule has 1 aliphatic heterocycles. The number of rotatable bonds is 5. The second-order valence-corrected chi connectivity index (χ2v) is 11.7. The fourth-order valence-corrected chi connectivity index (χ4v) is 5.43. The number of aryl methyl sites for hydroxylation is 2. The van der Waals surface area contributed by atoms with E-state index in [0.29, 0.717) is 22.7 Å². The Morgan fingerprint density at radius 1 is 1.16 bits per heavy atom. The van der Waals surface area contributed by atoms with Gasteiger partial charge in [-0.15, -0.1) is 11.3 Å². The van der Waals surface area contributed by atoms with Crippen molar-refractivity contribution in [1.29, 1.82) is 0 Å². The van der Waals surface area contributed by atoms with E-state index >= 15 is 0 Å². The van der Waals surface area contributed by atoms with Gasteiger partial charge in [-0.3, -0.25) is 4.90 Å². The summed E-state index contributed by atoms with van der Waals surface area (Å²) in [5.74, 6) is 0.120. The number of ether oxygens (including phenoxy) is 3. The Bertz CT molecular complexity index is 1360. The van der Waals surface area contributed by atoms with E-state index in [9.17, 15) is 14.7 Å². The molecular weight excluding hydrogens is 494 g/mol. The fraction of sp³-hybridized carbons (Fsp3) is 0.481. The lowest BCUT2D eigenvalue weighted by Gasteiger charge is -2.32. The van der Waals surface area contributed by atoms with Gasteiger partial charge in [-0.25, -0.2) is 19.6 Å². The first-order valence-corrected chi connectivity index (χ1v) is 12.9. The molecule has 3 aromatic rings. The number of carbonyl (C=O) groups excluding carboxylic acids is 1. The van der Waals surface area contributed by atoms with E-state index < -0.39 is 35.2 Å². The third-order valence-corrected chi connectivity index (χ3v) is 7.53. The maximum atomic E-state index is 13.0. The van der Waals surface area contributed by atoms with Gasteiger partial charge in [-0.2, -0.15) is 0 Å². The summed E-state index contributed by atoms with van der Waals surface area (Å²) in [6, 6.07) is 4.44. The zero-order valence-electron chi connectivity index (χ0n) is 22.4. The van der Waals surface area contributed by atoms with Gasteiger partial charge in [-0.1, -0.05) is 13.8 Å². The Hall–Kier alpha value is -3.40. The highest BCUT2D eigenvalue weighted by Gasteiger charge is 2.56. The largest absolute Gasteiger partial charge is 0.496 e. The number of carboxylic acid groups (broad SMARTS) is 1. The van der Waals surface area contributed by atoms with E-state index in [2.05, 4.69) is 4.98 Å². The SMILES string of the molecule is COc1ccc2c(O[C@H]3CN(C(=O)OC(C)(C)C)[C@H](C(=O)O)C3(C)C)cc(-c3nc(C)cs3)nc2c1C. The van der Waals surface area contributed by atoms with Crippen LogP contribution >= 0.6 is 11.3 Å². The second kappa shape index (κ2) is 9.48. The molecule has 0 radical (unpaired) electrons. The smallest absolute Gasteiger partial charge is 0.411 e. The number of carboxylic acids is 1. The van der Waals surface area contributed by atoms with E-state index in [1.165, 1.54) is 16.2 Å². The Morgan fingerprint density at radius 2 is 1.86 bits per heavy atom. The number of aliphatic carboxylic acids is 1. The highest BCUT2D eigenvalue weighted by atomic mass is 32.1. The number of amides is 1. The number of likely N-dealkylation sites (tertiary alicyclic amines) is 1. The molecule has 10 heteroatoms. The maximum absolute atomic E-state index is 13.0. The molecule has 1 aromatic carbocycles. The van der Waals surface area contributed by atoms with Crippen LogP contribution in [0.25, 0.3) is 21.6 Å². The third kappa shape index (κ3) is 5.07. The van der Waals surface area contributed by atoms with Crippen LogP contribution in [0.3, 0.4) is 0 Å². The Balaban J connectivity index is 1.80. The number of fused-ring (bicyclic) bond motifs is 1. The summed E-state index contributed by atoms with van der Waals surface area (Å²) in [5, 5.41) is 13.5. The van der Waals surface area contributed by atoms with Crippen LogP contribution in [0.15, 0.2) is 23.6 Å². The Kier molecular flexibility index (Phi) is 6.83. The number of carbonyl (C=O) groups is 2. The molecule has 1 amide bonds. The van der Waals surface area contributed by atoms with Crippen molar-refractivity contribution in [2.75, 3.05) is 13.7 Å². The van der Waals surface area contributed by atoms with Gasteiger partial charge in [-0.05, 0) is 46.8 Å². The molecule has 9 nitrogen and oxygen atoms in total. The molecule has 1 fully saturated rings. The lowest BCUT2D eigenvalue weighted by molar-refractivity contribution is -0.145. The van der Waals surface area contributed by atoms with Crippen LogP contribution in [-0.2, 0) is 9.53 Å². The van der Waals surface area contributed by atoms with Crippen LogP contribution in [0.5, 0.6) is 11.5 Å². The lowest BCUT2D eigenvalue weighted by Crippen LogP contribution is -2.48. The Morgan fingerprint density at radius 3 is 2.43 bits per heavy atom. The average molecular weight is 528 g/mol. The summed E-state index contributed by atoms with van der Waals surface area (Å²) < 4.78 is 17.6. The first kappa shape index (κ1) is 26.7. The molecule has 0 bridgehead atoms. The van der Waals surface area contributed by atoms with Gasteiger partial charge in [0.15, 0.2) is 0 Å². The molecule has 3 heterocycles. The first-order chi connectivity index (χ1) is 17.2. The molecule has 198 valence electrons. The van der Waals surface area contributed by atoms with Gasteiger partial charge in [0.1, 0.15) is 39.9 Å². The van der Waals surface area contributed by atoms with Crippen LogP contribution in [0.4, 0.5) is 4.79 Å². The second-order valence-electron chi connectivity index (χ2n) is 10.9. The lowest BCUT2D eigenvalue weighted by atomic mass is 9.82. The molecule has 37 heavy (non-hydrogen) atoms. The number of nitrogens with zero attached hydrogens (tertiary/aromatic N) is 3. The standard InChI is InChI=1S/C27H33N3O6S/c1-14-13-37-23(28-14)17-11-19(16-9-10-18(34-8)15(2)21(16)29-17)35-20-12-30(25(33)36-26(3,4)5)22(24(31)32)27(20,6)7/h9-11,13,20,22H,12H2,1-8H3,(H,31,32)/t20-,22+/m0/s1. The molecule has 0 aliphatic carbocycles. The van der Waals surface area contributed by atoms with E-state index in [1.807, 2.05) is 37.4 Å². The van der Waals surface area contributed by atoms with Crippen molar-refractivity contribution in [3.8, 4) is 22.2 Å². The monoisotopic (exact) mass is 527 g/mol. The van der Waals surface area contributed by atoms with Crippen molar-refractivity contribution in [3.63, 3.8) is 0 Å². The number of methoxy groups -OCH3 is 1. The number of benzene rings is 1. The summed E-state index contributed by atoms with van der Waals surface area (Å²) >= 11 is 1.48. The van der Waals surface area contributed by atoms with Crippen molar-refractivity contribution >= 4 is 34.3 Å². The van der Waals surface area contributed by atoms with Gasteiger partial charge in [0.25, 0.3) is 0 Å². The molecule has 1 saturated heterocycles. The van der Waals surface area contributed by atoms with Crippen LogP contribution in [0, 0.1) is 19.3 Å². The number of pyridine rings is 1. The fourth-order valence-electron chi connectivity index (χ4n) is 4.67. The summed E-state index contributed by atoms with van der Waals surface area (Å²) in [6.07, 6.45) is -1.31. The highest BCUT2D eigenvalue weighted by molar-refractivity contribution is 7.13. The molecule has 0 saturated carbocycles. The average Bonchev–Trinajstić information content (AvgIpc) is 3.33. The number of hydrogen-bond donors (Lipinski definition) is 1. The minimum atomic E-state index is -1.12. The van der Waals surface area contributed by atoms with Crippen molar-refractivity contribution in [2.45, 2.75) is 66.2 Å². The van der Waals surface area contributed by atoms with E-state index in [4.69, 9.17) is 19.2 Å². The normalized spacial score (nSPS) is 19.2. The first-order valence-electron chi connectivity index (χ1n) is 12.0. The van der Waals surface area contributed by atoms with Crippen LogP contribution in [0.1, 0.15) is 45.9 Å². The molecule has 2 aromatic heterocycles. The molecule has 4 rings (SSSR count). The van der Waals surface area contributed by atoms with Crippen molar-refractivity contribution in [1.82, 2.24) is 14.9 Å². The maximum Gasteiger partial charge on any atom is 0.411 e. The van der Waals surface area contributed by atoms with E-state index in [0.717, 1.165) is 21.7 Å². The van der Waals surface area contributed by atoms with E-state index in [-0.39, 0.29) is 6.54 Å². The van der Waals surface area contributed by atoms with Crippen molar-refractivity contribution in [3.05, 3.63) is 34.8 Å². The van der Waals surface area contributed by atoms with Gasteiger partial charge in [0, 0.05) is 33.5 Å². The minimum absolute atomic E-state index is 0.0591. The third-order valence-electron chi connectivity index (χ3n) is 6.54. The number of hydrogen-bond acceptors (Lipinski definition) is 8. The van der Waals surface area contributed by atoms with Crippen LogP contribution in [-0.4, -0.2) is 63.4 Å². The predicted molar refractivity (Wildman–Crippen MR) is 141 cm³/mol. The van der Waals surface area contributed by atoms with Crippen molar-refractivity contribution in [2.24, 2.45) is 5.41 Å². The number of aromatic nitrogens is 2. The van der Waals surface area contributed by atoms with Gasteiger partial charge in [0.2, 0.25) is 0 Å². The molecule has 0 spiro atoms. The van der Waals surface area contributed by atoms with Crippen molar-refractivity contribution < 1.29 is 28.9 Å². The highest BCUT2D eigenvalue weighted by Crippen LogP contribution is 2.42. The summed E-state index contributed by atoms with van der Waals surface area (Å²) in [5.41, 5.74) is 1.41. The summed E-state index contributed by atoms with van der Waals surface area (Å²) in [7, 11) is 1.61. The van der Waals surface area contributed by atoms with E-state index in [1.54, 1.807) is 41.7 Å². The summed E-state index contributed by atoms with van der Waals surface area (Å²) in [4.78, 5) is 36.0. The zero-order valence-corrected chi connectivity index (χ0v) is 23.2. The van der Waals surface area contributed by atoms with Gasteiger partial charge < -0.3 is 19.3 Å².